The maximum atomic E-state index is 17.2. The number of nitrogens with zero attached hydrogens (tertiary/aromatic N) is 6. The van der Waals surface area contributed by atoms with Crippen LogP contribution in [0.2, 0.25) is 5.02 Å². The number of aromatic nitrogens is 3. The summed E-state index contributed by atoms with van der Waals surface area (Å²) in [5.74, 6) is -0.517. The molecule has 4 fully saturated rings. The SMILES string of the molecule is COCOc1cc(-c2ncc3c(N4CC5CCC(C4)N5C(=O)OC(C)(C)C)nc(OCC45CCCN4CCC5)nc3c2F)c2c(Cl)c(F)ccc2c1. The van der Waals surface area contributed by atoms with Crippen molar-refractivity contribution >= 4 is 45.2 Å². The number of hydrogen-bond donors (Lipinski definition) is 0. The van der Waals surface area contributed by atoms with Gasteiger partial charge < -0.3 is 23.8 Å². The van der Waals surface area contributed by atoms with Crippen LogP contribution in [0, 0.1) is 11.6 Å². The van der Waals surface area contributed by atoms with E-state index in [1.807, 2.05) is 25.7 Å². The Morgan fingerprint density at radius 2 is 1.77 bits per heavy atom. The van der Waals surface area contributed by atoms with Crippen LogP contribution >= 0.6 is 11.6 Å². The molecule has 0 saturated carbocycles. The molecule has 276 valence electrons. The minimum absolute atomic E-state index is 0.0167. The normalized spacial score (nSPS) is 21.3. The van der Waals surface area contributed by atoms with Crippen molar-refractivity contribution in [3.05, 3.63) is 47.1 Å². The fourth-order valence-electron chi connectivity index (χ4n) is 8.63. The van der Waals surface area contributed by atoms with Crippen LogP contribution in [-0.2, 0) is 9.47 Å². The Morgan fingerprint density at radius 1 is 1.04 bits per heavy atom. The predicted octanol–water partition coefficient (Wildman–Crippen LogP) is 7.35. The van der Waals surface area contributed by atoms with Gasteiger partial charge in [-0.25, -0.2) is 13.6 Å². The highest BCUT2D eigenvalue weighted by atomic mass is 35.5. The summed E-state index contributed by atoms with van der Waals surface area (Å²) in [6.45, 7) is 8.94. The van der Waals surface area contributed by atoms with Crippen LogP contribution in [0.1, 0.15) is 59.3 Å². The lowest BCUT2D eigenvalue weighted by molar-refractivity contribution is 0.0122. The van der Waals surface area contributed by atoms with Gasteiger partial charge in [-0.1, -0.05) is 17.7 Å². The lowest BCUT2D eigenvalue weighted by Crippen LogP contribution is -2.57. The minimum Gasteiger partial charge on any atom is -0.468 e. The first kappa shape index (κ1) is 35.0. The monoisotopic (exact) mass is 736 g/mol. The Balaban J connectivity index is 1.23. The quantitative estimate of drug-likeness (QED) is 0.171. The number of carbonyl (C=O) groups is 1. The predicted molar refractivity (Wildman–Crippen MR) is 193 cm³/mol. The third-order valence-corrected chi connectivity index (χ3v) is 11.3. The van der Waals surface area contributed by atoms with Gasteiger partial charge in [-0.2, -0.15) is 9.97 Å². The molecule has 4 aliphatic heterocycles. The van der Waals surface area contributed by atoms with Gasteiger partial charge in [0.1, 0.15) is 40.8 Å². The molecule has 14 heteroatoms. The Bertz CT molecular complexity index is 2020. The van der Waals surface area contributed by atoms with Gasteiger partial charge in [-0.3, -0.25) is 14.8 Å². The van der Waals surface area contributed by atoms with Crippen molar-refractivity contribution < 1.29 is 32.5 Å². The molecule has 2 aromatic carbocycles. The Labute approximate surface area is 306 Å². The lowest BCUT2D eigenvalue weighted by atomic mass is 9.95. The molecule has 0 aliphatic carbocycles. The number of amides is 1. The van der Waals surface area contributed by atoms with Gasteiger partial charge in [0.05, 0.1) is 28.0 Å². The van der Waals surface area contributed by atoms with Gasteiger partial charge in [0.15, 0.2) is 12.6 Å². The summed E-state index contributed by atoms with van der Waals surface area (Å²) in [7, 11) is 1.50. The molecule has 4 aromatic rings. The van der Waals surface area contributed by atoms with E-state index in [0.29, 0.717) is 47.4 Å². The van der Waals surface area contributed by atoms with Crippen molar-refractivity contribution in [2.75, 3.05) is 51.6 Å². The van der Waals surface area contributed by atoms with E-state index in [1.54, 1.807) is 24.4 Å². The van der Waals surface area contributed by atoms with E-state index in [2.05, 4.69) is 19.8 Å². The highest BCUT2D eigenvalue weighted by molar-refractivity contribution is 6.37. The van der Waals surface area contributed by atoms with E-state index in [4.69, 9.17) is 35.5 Å². The smallest absolute Gasteiger partial charge is 0.410 e. The van der Waals surface area contributed by atoms with Gasteiger partial charge >= 0.3 is 12.1 Å². The van der Waals surface area contributed by atoms with Crippen molar-refractivity contribution in [1.82, 2.24) is 24.8 Å². The van der Waals surface area contributed by atoms with Gasteiger partial charge in [0.25, 0.3) is 0 Å². The second-order valence-corrected chi connectivity index (χ2v) is 15.8. The van der Waals surface area contributed by atoms with Crippen molar-refractivity contribution in [3.8, 4) is 23.0 Å². The Kier molecular flexibility index (Phi) is 9.02. The van der Waals surface area contributed by atoms with Crippen molar-refractivity contribution in [2.24, 2.45) is 0 Å². The fourth-order valence-corrected chi connectivity index (χ4v) is 8.90. The molecular weight excluding hydrogens is 694 g/mol. The van der Waals surface area contributed by atoms with Crippen LogP contribution in [-0.4, -0.2) is 101 Å². The number of anilines is 1. The third kappa shape index (κ3) is 6.24. The van der Waals surface area contributed by atoms with Crippen LogP contribution in [0.5, 0.6) is 11.8 Å². The molecule has 0 N–H and O–H groups in total. The first-order valence-electron chi connectivity index (χ1n) is 18.0. The lowest BCUT2D eigenvalue weighted by Gasteiger charge is -2.42. The van der Waals surface area contributed by atoms with Crippen molar-refractivity contribution in [1.29, 1.82) is 0 Å². The number of pyridine rings is 1. The highest BCUT2D eigenvalue weighted by Gasteiger charge is 2.46. The maximum Gasteiger partial charge on any atom is 0.410 e. The zero-order valence-electron chi connectivity index (χ0n) is 29.9. The molecule has 1 amide bonds. The van der Waals surface area contributed by atoms with Crippen LogP contribution in [0.4, 0.5) is 19.4 Å². The molecule has 8 rings (SSSR count). The number of piperazine rings is 1. The van der Waals surface area contributed by atoms with Crippen LogP contribution in [0.3, 0.4) is 0 Å². The van der Waals surface area contributed by atoms with Gasteiger partial charge in [0.2, 0.25) is 0 Å². The molecule has 2 aromatic heterocycles. The van der Waals surface area contributed by atoms with E-state index >= 15 is 4.39 Å². The summed E-state index contributed by atoms with van der Waals surface area (Å²) in [5, 5.41) is 1.07. The number of halogens is 3. The number of methoxy groups -OCH3 is 1. The van der Waals surface area contributed by atoms with Crippen LogP contribution in [0.25, 0.3) is 32.9 Å². The number of benzene rings is 2. The summed E-state index contributed by atoms with van der Waals surface area (Å²) in [6.07, 6.45) is 7.10. The number of fused-ring (bicyclic) bond motifs is 5. The minimum atomic E-state index is -0.728. The number of ether oxygens (including phenoxy) is 4. The van der Waals surface area contributed by atoms with E-state index in [-0.39, 0.29) is 58.3 Å². The number of hydrogen-bond acceptors (Lipinski definition) is 10. The first-order chi connectivity index (χ1) is 24.9. The first-order valence-corrected chi connectivity index (χ1v) is 18.4. The van der Waals surface area contributed by atoms with Gasteiger partial charge in [0, 0.05) is 37.3 Å². The van der Waals surface area contributed by atoms with E-state index in [1.165, 1.54) is 13.2 Å². The molecule has 11 nitrogen and oxygen atoms in total. The van der Waals surface area contributed by atoms with Crippen LogP contribution in [0.15, 0.2) is 30.5 Å². The second kappa shape index (κ2) is 13.4. The van der Waals surface area contributed by atoms with Crippen molar-refractivity contribution in [2.45, 2.75) is 82.5 Å². The summed E-state index contributed by atoms with van der Waals surface area (Å²) in [4.78, 5) is 33.9. The van der Waals surface area contributed by atoms with Crippen LogP contribution < -0.4 is 14.4 Å². The molecular formula is C38H43ClF2N6O5. The Hall–Kier alpha value is -4.07. The van der Waals surface area contributed by atoms with Gasteiger partial charge in [-0.15, -0.1) is 0 Å². The van der Waals surface area contributed by atoms with E-state index < -0.39 is 17.2 Å². The second-order valence-electron chi connectivity index (χ2n) is 15.4. The highest BCUT2D eigenvalue weighted by Crippen LogP contribution is 2.43. The zero-order chi connectivity index (χ0) is 36.4. The van der Waals surface area contributed by atoms with Crippen molar-refractivity contribution in [3.63, 3.8) is 0 Å². The molecule has 2 bridgehead atoms. The standard InChI is InChI=1S/C38H43ClF2N6O5/c1-37(2,3)52-36(48)47-23-8-9-24(47)19-45(18-23)34-27-17-42-32(26-16-25(51-21-49-4)15-22-7-10-28(40)30(39)29(22)26)31(41)33(27)43-35(44-34)50-20-38-11-5-13-46(38)14-6-12-38/h7,10,15-17,23-24H,5-6,8-9,11-14,18-21H2,1-4H3. The third-order valence-electron chi connectivity index (χ3n) is 10.9. The zero-order valence-corrected chi connectivity index (χ0v) is 30.6. The molecule has 0 radical (unpaired) electrons. The molecule has 52 heavy (non-hydrogen) atoms. The topological polar surface area (TPSA) is 102 Å². The average molecular weight is 737 g/mol. The van der Waals surface area contributed by atoms with Gasteiger partial charge in [-0.05, 0) is 96.0 Å². The molecule has 0 spiro atoms. The molecule has 2 atom stereocenters. The number of rotatable bonds is 8. The summed E-state index contributed by atoms with van der Waals surface area (Å²) in [6, 6.07) is 5.93. The fraction of sp³-hybridized carbons (Fsp3) is 0.526. The Morgan fingerprint density at radius 3 is 2.46 bits per heavy atom. The molecule has 4 aliphatic rings. The largest absolute Gasteiger partial charge is 0.468 e. The van der Waals surface area contributed by atoms with E-state index in [9.17, 15) is 9.18 Å². The number of carbonyl (C=O) groups excluding carboxylic acids is 1. The molecule has 6 heterocycles. The molecule has 2 unspecified atom stereocenters. The summed E-state index contributed by atoms with van der Waals surface area (Å²) < 4.78 is 55.0. The average Bonchev–Trinajstić information content (AvgIpc) is 3.77. The maximum absolute atomic E-state index is 17.2. The van der Waals surface area contributed by atoms with E-state index in [0.717, 1.165) is 51.6 Å². The summed E-state index contributed by atoms with van der Waals surface area (Å²) >= 11 is 6.53. The summed E-state index contributed by atoms with van der Waals surface area (Å²) in [5.41, 5.74) is -0.516. The molecule has 4 saturated heterocycles.